The van der Waals surface area contributed by atoms with Gasteiger partial charge in [0.15, 0.2) is 0 Å². The van der Waals surface area contributed by atoms with Crippen LogP contribution in [0.15, 0.2) is 9.49 Å². The molecule has 0 N–H and O–H groups in total. The van der Waals surface area contributed by atoms with E-state index in [-0.39, 0.29) is 0 Å². The highest BCUT2D eigenvalue weighted by atomic mass is 31.1. The van der Waals surface area contributed by atoms with E-state index in [1.807, 2.05) is 14.1 Å². The average molecular weight is 134 g/mol. The van der Waals surface area contributed by atoms with Gasteiger partial charge in [-0.05, 0) is 0 Å². The van der Waals surface area contributed by atoms with Crippen LogP contribution in [0.25, 0.3) is 0 Å². The van der Waals surface area contributed by atoms with Crippen LogP contribution in [0.1, 0.15) is 0 Å². The molecule has 4 heteroatoms. The van der Waals surface area contributed by atoms with Crippen molar-refractivity contribution in [3.63, 3.8) is 0 Å². The predicted octanol–water partition coefficient (Wildman–Crippen LogP) is 2.46. The van der Waals surface area contributed by atoms with Gasteiger partial charge in [0.1, 0.15) is 0 Å². The molecule has 7 heavy (non-hydrogen) atoms. The largest absolute Gasteiger partial charge is 0.271 e. The molecule has 0 aromatic heterocycles. The van der Waals surface area contributed by atoms with Crippen LogP contribution < -0.4 is 0 Å². The van der Waals surface area contributed by atoms with Crippen molar-refractivity contribution in [3.8, 4) is 0 Å². The molecule has 0 saturated carbocycles. The summed E-state index contributed by atoms with van der Waals surface area (Å²) in [6.45, 7) is 0. The lowest BCUT2D eigenvalue weighted by molar-refractivity contribution is 1.50. The van der Waals surface area contributed by atoms with Crippen LogP contribution in [0, 0.1) is 0 Å². The molecule has 0 saturated heterocycles. The van der Waals surface area contributed by atoms with E-state index in [1.165, 1.54) is 0 Å². The fraction of sp³-hybridized carbons (Fsp3) is 1.00. The van der Waals surface area contributed by atoms with Crippen molar-refractivity contribution in [1.29, 1.82) is 0 Å². The van der Waals surface area contributed by atoms with E-state index in [1.54, 1.807) is 0 Å². The van der Waals surface area contributed by atoms with E-state index in [4.69, 9.17) is 0 Å². The standard InChI is InChI=1S/C3H8N2P2/c1-4-6-3-7-5-2/h3H2,1-2H3. The van der Waals surface area contributed by atoms with E-state index >= 15 is 0 Å². The maximum Gasteiger partial charge on any atom is 0.0663 e. The third-order valence-corrected chi connectivity index (χ3v) is 1.99. The number of hydrogen-bond donors (Lipinski definition) is 0. The molecule has 0 bridgehead atoms. The van der Waals surface area contributed by atoms with E-state index in [0.717, 1.165) is 22.6 Å². The average Bonchev–Trinajstić information content (AvgIpc) is 1.69. The molecule has 40 valence electrons. The van der Waals surface area contributed by atoms with Gasteiger partial charge in [0, 0.05) is 30.8 Å². The van der Waals surface area contributed by atoms with Gasteiger partial charge in [-0.3, -0.25) is 9.49 Å². The van der Waals surface area contributed by atoms with Gasteiger partial charge in [0.05, 0.1) is 5.90 Å². The van der Waals surface area contributed by atoms with Crippen LogP contribution in [0.3, 0.4) is 0 Å². The van der Waals surface area contributed by atoms with Crippen molar-refractivity contribution in [3.05, 3.63) is 0 Å². The Kier molecular flexibility index (Phi) is 6.38. The Balaban J connectivity index is 2.98. The van der Waals surface area contributed by atoms with Gasteiger partial charge < -0.3 is 0 Å². The molecular formula is C3H8N2P2. The molecule has 0 aliphatic rings. The molecule has 2 nitrogen and oxygen atoms in total. The summed E-state index contributed by atoms with van der Waals surface area (Å²) in [5, 5.41) is 0. The first-order valence-corrected chi connectivity index (χ1v) is 3.99. The van der Waals surface area contributed by atoms with Gasteiger partial charge in [0.25, 0.3) is 0 Å². The number of rotatable bonds is 2. The molecule has 0 radical (unpaired) electrons. The molecule has 0 heterocycles. The van der Waals surface area contributed by atoms with E-state index < -0.39 is 0 Å². The molecule has 0 aliphatic carbocycles. The Bertz CT molecular complexity index is 69.0. The van der Waals surface area contributed by atoms with Crippen LogP contribution in [-0.4, -0.2) is 20.0 Å². The van der Waals surface area contributed by atoms with Gasteiger partial charge in [-0.25, -0.2) is 0 Å². The normalized spacial score (nSPS) is 11.7. The lowest BCUT2D eigenvalue weighted by atomic mass is 11.6. The zero-order valence-corrected chi connectivity index (χ0v) is 6.28. The second-order valence-electron chi connectivity index (χ2n) is 0.824. The molecule has 0 aromatic carbocycles. The zero-order valence-electron chi connectivity index (χ0n) is 4.50. The van der Waals surface area contributed by atoms with Gasteiger partial charge in [-0.2, -0.15) is 0 Å². The minimum absolute atomic E-state index is 1.05. The Morgan fingerprint density at radius 3 is 1.86 bits per heavy atom. The van der Waals surface area contributed by atoms with Gasteiger partial charge in [-0.1, -0.05) is 0 Å². The van der Waals surface area contributed by atoms with Crippen molar-refractivity contribution in [1.82, 2.24) is 0 Å². The van der Waals surface area contributed by atoms with Gasteiger partial charge in [-0.15, -0.1) is 0 Å². The van der Waals surface area contributed by atoms with Crippen LogP contribution in [0.5, 0.6) is 0 Å². The summed E-state index contributed by atoms with van der Waals surface area (Å²) in [7, 11) is 5.92. The zero-order chi connectivity index (χ0) is 5.54. The monoisotopic (exact) mass is 134 g/mol. The molecule has 0 spiro atoms. The Labute approximate surface area is 47.1 Å². The summed E-state index contributed by atoms with van der Waals surface area (Å²) in [6.07, 6.45) is 0. The van der Waals surface area contributed by atoms with E-state index in [2.05, 4.69) is 9.49 Å². The van der Waals surface area contributed by atoms with Crippen molar-refractivity contribution >= 4 is 16.7 Å². The Morgan fingerprint density at radius 1 is 1.14 bits per heavy atom. The van der Waals surface area contributed by atoms with Crippen LogP contribution in [-0.2, 0) is 0 Å². The van der Waals surface area contributed by atoms with Gasteiger partial charge >= 0.3 is 0 Å². The first-order valence-electron chi connectivity index (χ1n) is 1.93. The maximum absolute atomic E-state index is 3.88. The molecule has 0 aliphatic heterocycles. The van der Waals surface area contributed by atoms with E-state index in [0.29, 0.717) is 0 Å². The molecule has 0 aromatic rings. The summed E-state index contributed by atoms with van der Waals surface area (Å²) >= 11 is 0. The second kappa shape index (κ2) is 6.20. The third-order valence-electron chi connectivity index (χ3n) is 0.409. The SMILES string of the molecule is CN=PCP=NC. The van der Waals surface area contributed by atoms with Crippen molar-refractivity contribution in [2.45, 2.75) is 0 Å². The summed E-state index contributed by atoms with van der Waals surface area (Å²) in [5.74, 6) is 1.05. The van der Waals surface area contributed by atoms with Crippen molar-refractivity contribution in [2.75, 3.05) is 20.0 Å². The highest BCUT2D eigenvalue weighted by Gasteiger charge is 1.66. The summed E-state index contributed by atoms with van der Waals surface area (Å²) in [4.78, 5) is 0. The van der Waals surface area contributed by atoms with Crippen molar-refractivity contribution < 1.29 is 0 Å². The fourth-order valence-electron chi connectivity index (χ4n) is 0.155. The highest BCUT2D eigenvalue weighted by Crippen LogP contribution is 2.08. The second-order valence-corrected chi connectivity index (χ2v) is 3.32. The number of hydrogen-bond acceptors (Lipinski definition) is 2. The summed E-state index contributed by atoms with van der Waals surface area (Å²) in [5.41, 5.74) is 0. The molecule has 0 rings (SSSR count). The topological polar surface area (TPSA) is 24.7 Å². The smallest absolute Gasteiger partial charge is 0.0663 e. The Hall–Kier alpha value is 0.200. The fourth-order valence-corrected chi connectivity index (χ4v) is 1.39. The molecule has 0 fully saturated rings. The summed E-state index contributed by atoms with van der Waals surface area (Å²) < 4.78 is 7.76. The quantitative estimate of drug-likeness (QED) is 0.518. The first-order chi connectivity index (χ1) is 3.41. The lowest BCUT2D eigenvalue weighted by Gasteiger charge is -1.70. The maximum atomic E-state index is 3.88. The minimum atomic E-state index is 1.05. The Morgan fingerprint density at radius 2 is 1.57 bits per heavy atom. The minimum Gasteiger partial charge on any atom is -0.271 e. The molecule has 0 unspecified atom stereocenters. The lowest BCUT2D eigenvalue weighted by Crippen LogP contribution is -1.42. The van der Waals surface area contributed by atoms with Crippen molar-refractivity contribution in [2.24, 2.45) is 9.49 Å². The third kappa shape index (κ3) is 6.20. The summed E-state index contributed by atoms with van der Waals surface area (Å²) in [6, 6.07) is 0. The molecule has 0 atom stereocenters. The number of nitrogens with zero attached hydrogens (tertiary/aromatic N) is 2. The van der Waals surface area contributed by atoms with Crippen LogP contribution in [0.2, 0.25) is 0 Å². The van der Waals surface area contributed by atoms with Gasteiger partial charge in [0.2, 0.25) is 0 Å². The predicted molar refractivity (Wildman–Crippen MR) is 35.4 cm³/mol. The van der Waals surface area contributed by atoms with Crippen LogP contribution in [0.4, 0.5) is 0 Å². The highest BCUT2D eigenvalue weighted by molar-refractivity contribution is 7.45. The first kappa shape index (κ1) is 7.20. The van der Waals surface area contributed by atoms with E-state index in [9.17, 15) is 0 Å². The molecule has 0 amide bonds. The molecular weight excluding hydrogens is 126 g/mol. The van der Waals surface area contributed by atoms with Crippen LogP contribution >= 0.6 is 16.7 Å².